The van der Waals surface area contributed by atoms with Gasteiger partial charge in [-0.2, -0.15) is 0 Å². The first-order valence-electron chi connectivity index (χ1n) is 10.6. The molecule has 1 N–H and O–H groups in total. The van der Waals surface area contributed by atoms with Crippen molar-refractivity contribution in [2.24, 2.45) is 11.8 Å². The molecule has 2 amide bonds. The van der Waals surface area contributed by atoms with Gasteiger partial charge in [0, 0.05) is 11.6 Å². The fraction of sp³-hybridized carbons (Fsp3) is 0.192. The van der Waals surface area contributed by atoms with Crippen LogP contribution in [-0.2, 0) is 24.7 Å². The smallest absolute Gasteiger partial charge is 0.331 e. The second-order valence-electron chi connectivity index (χ2n) is 8.16. The first-order chi connectivity index (χ1) is 16.0. The Bertz CT molecular complexity index is 1230. The zero-order valence-electron chi connectivity index (χ0n) is 17.8. The molecular weight excluding hydrogens is 423 g/mol. The Hall–Kier alpha value is -3.84. The van der Waals surface area contributed by atoms with Gasteiger partial charge in [0.2, 0.25) is 11.8 Å². The first-order valence-corrected chi connectivity index (χ1v) is 10.6. The minimum atomic E-state index is -1.66. The first kappa shape index (κ1) is 21.0. The maximum atomic E-state index is 14.9. The number of carbonyl (C=O) groups excluding carboxylic acids is 3. The highest BCUT2D eigenvalue weighted by Crippen LogP contribution is 2.54. The Morgan fingerprint density at radius 1 is 0.909 bits per heavy atom. The van der Waals surface area contributed by atoms with Crippen molar-refractivity contribution in [2.45, 2.75) is 11.6 Å². The summed E-state index contributed by atoms with van der Waals surface area (Å²) in [5, 5.41) is 3.18. The minimum Gasteiger partial charge on any atom is -0.467 e. The van der Waals surface area contributed by atoms with Crippen LogP contribution in [0.3, 0.4) is 0 Å². The molecule has 2 heterocycles. The number of para-hydroxylation sites is 1. The summed E-state index contributed by atoms with van der Waals surface area (Å²) in [6.07, 6.45) is 0. The molecule has 0 radical (unpaired) electrons. The maximum absolute atomic E-state index is 14.9. The number of nitrogens with zero attached hydrogens (tertiary/aromatic N) is 1. The average molecular weight is 444 g/mol. The van der Waals surface area contributed by atoms with Gasteiger partial charge in [0.1, 0.15) is 5.82 Å². The molecule has 166 valence electrons. The fourth-order valence-electron chi connectivity index (χ4n) is 5.17. The van der Waals surface area contributed by atoms with Crippen LogP contribution in [0.4, 0.5) is 10.1 Å². The van der Waals surface area contributed by atoms with Gasteiger partial charge in [0.05, 0.1) is 24.6 Å². The van der Waals surface area contributed by atoms with Crippen LogP contribution in [0.1, 0.15) is 17.2 Å². The van der Waals surface area contributed by atoms with E-state index >= 15 is 0 Å². The van der Waals surface area contributed by atoms with E-state index in [-0.39, 0.29) is 5.56 Å². The number of methoxy groups -OCH3 is 1. The molecule has 2 aliphatic heterocycles. The lowest BCUT2D eigenvalue weighted by atomic mass is 9.75. The third kappa shape index (κ3) is 3.00. The van der Waals surface area contributed by atoms with E-state index in [1.54, 1.807) is 78.9 Å². The predicted molar refractivity (Wildman–Crippen MR) is 118 cm³/mol. The number of anilines is 1. The lowest BCUT2D eigenvalue weighted by Crippen LogP contribution is -2.53. The molecule has 2 aliphatic rings. The maximum Gasteiger partial charge on any atom is 0.331 e. The summed E-state index contributed by atoms with van der Waals surface area (Å²) in [6, 6.07) is 22.4. The Morgan fingerprint density at radius 2 is 1.52 bits per heavy atom. The molecule has 3 aromatic carbocycles. The van der Waals surface area contributed by atoms with Crippen molar-refractivity contribution in [3.8, 4) is 0 Å². The molecule has 4 atom stereocenters. The van der Waals surface area contributed by atoms with Crippen LogP contribution in [0, 0.1) is 17.7 Å². The molecule has 2 fully saturated rings. The van der Waals surface area contributed by atoms with Gasteiger partial charge in [0.25, 0.3) is 0 Å². The number of ether oxygens (including phenoxy) is 1. The standard InChI is InChI=1S/C26H21FN2O4/c1-33-25(32)26(16-10-4-2-5-11-16)21-20(22(28-26)18-14-8-9-15-19(18)27)23(30)29(24(21)31)17-12-6-3-7-13-17/h2-15,20-22,28H,1H3/t20-,21-,22+,26+/m0/s1. The van der Waals surface area contributed by atoms with Crippen molar-refractivity contribution in [1.29, 1.82) is 0 Å². The van der Waals surface area contributed by atoms with Crippen LogP contribution in [0.2, 0.25) is 0 Å². The molecular formula is C26H21FN2O4. The van der Waals surface area contributed by atoms with Crippen LogP contribution < -0.4 is 10.2 Å². The Morgan fingerprint density at radius 3 is 2.15 bits per heavy atom. The van der Waals surface area contributed by atoms with Gasteiger partial charge in [-0.25, -0.2) is 14.1 Å². The molecule has 3 aromatic rings. The topological polar surface area (TPSA) is 75.7 Å². The summed E-state index contributed by atoms with van der Waals surface area (Å²) in [5.74, 6) is -4.38. The highest BCUT2D eigenvalue weighted by Gasteiger charge is 2.69. The monoisotopic (exact) mass is 444 g/mol. The van der Waals surface area contributed by atoms with E-state index in [0.717, 1.165) is 4.90 Å². The number of benzene rings is 3. The lowest BCUT2D eigenvalue weighted by Gasteiger charge is -2.33. The third-order valence-electron chi connectivity index (χ3n) is 6.55. The van der Waals surface area contributed by atoms with Gasteiger partial charge in [-0.1, -0.05) is 66.7 Å². The van der Waals surface area contributed by atoms with Crippen molar-refractivity contribution in [3.05, 3.63) is 102 Å². The molecule has 7 heteroatoms. The van der Waals surface area contributed by atoms with Crippen molar-refractivity contribution in [2.75, 3.05) is 12.0 Å². The number of esters is 1. The molecule has 0 unspecified atom stereocenters. The number of amides is 2. The van der Waals surface area contributed by atoms with Crippen LogP contribution in [0.25, 0.3) is 0 Å². The molecule has 0 spiro atoms. The van der Waals surface area contributed by atoms with E-state index in [1.807, 2.05) is 0 Å². The zero-order valence-corrected chi connectivity index (χ0v) is 17.8. The van der Waals surface area contributed by atoms with E-state index in [2.05, 4.69) is 5.32 Å². The van der Waals surface area contributed by atoms with E-state index in [4.69, 9.17) is 4.74 Å². The Labute approximate surface area is 190 Å². The molecule has 6 nitrogen and oxygen atoms in total. The van der Waals surface area contributed by atoms with Gasteiger partial charge >= 0.3 is 5.97 Å². The van der Waals surface area contributed by atoms with Crippen molar-refractivity contribution in [1.82, 2.24) is 5.32 Å². The largest absolute Gasteiger partial charge is 0.467 e. The summed E-state index contributed by atoms with van der Waals surface area (Å²) in [6.45, 7) is 0. The van der Waals surface area contributed by atoms with E-state index < -0.39 is 47.0 Å². The number of nitrogens with one attached hydrogen (secondary N) is 1. The molecule has 5 rings (SSSR count). The average Bonchev–Trinajstić information content (AvgIpc) is 3.34. The second-order valence-corrected chi connectivity index (χ2v) is 8.16. The quantitative estimate of drug-likeness (QED) is 0.494. The van der Waals surface area contributed by atoms with Crippen LogP contribution in [-0.4, -0.2) is 24.9 Å². The Balaban J connectivity index is 1.75. The number of halogens is 1. The lowest BCUT2D eigenvalue weighted by molar-refractivity contribution is -0.152. The number of hydrogen-bond acceptors (Lipinski definition) is 5. The number of carbonyl (C=O) groups is 3. The Kier molecular flexibility index (Phi) is 5.06. The van der Waals surface area contributed by atoms with Crippen molar-refractivity contribution in [3.63, 3.8) is 0 Å². The van der Waals surface area contributed by atoms with Gasteiger partial charge in [-0.15, -0.1) is 0 Å². The highest BCUT2D eigenvalue weighted by molar-refractivity contribution is 6.24. The number of imide groups is 1. The van der Waals surface area contributed by atoms with Gasteiger partial charge in [-0.3, -0.25) is 14.9 Å². The van der Waals surface area contributed by atoms with Gasteiger partial charge in [-0.05, 0) is 23.8 Å². The van der Waals surface area contributed by atoms with Crippen LogP contribution in [0.15, 0.2) is 84.9 Å². The van der Waals surface area contributed by atoms with Crippen molar-refractivity contribution >= 4 is 23.5 Å². The number of rotatable bonds is 4. The van der Waals surface area contributed by atoms with E-state index in [9.17, 15) is 18.8 Å². The molecule has 0 aromatic heterocycles. The van der Waals surface area contributed by atoms with Gasteiger partial charge in [0.15, 0.2) is 5.54 Å². The summed E-state index contributed by atoms with van der Waals surface area (Å²) in [5.41, 5.74) is -0.572. The fourth-order valence-corrected chi connectivity index (χ4v) is 5.17. The highest BCUT2D eigenvalue weighted by atomic mass is 19.1. The number of hydrogen-bond donors (Lipinski definition) is 1. The van der Waals surface area contributed by atoms with Crippen LogP contribution >= 0.6 is 0 Å². The molecule has 0 bridgehead atoms. The summed E-state index contributed by atoms with van der Waals surface area (Å²) in [4.78, 5) is 42.0. The molecule has 0 saturated carbocycles. The zero-order chi connectivity index (χ0) is 23.2. The second kappa shape index (κ2) is 7.94. The molecule has 2 saturated heterocycles. The third-order valence-corrected chi connectivity index (χ3v) is 6.55. The van der Waals surface area contributed by atoms with E-state index in [0.29, 0.717) is 11.3 Å². The normalized spacial score (nSPS) is 26.4. The molecule has 0 aliphatic carbocycles. The van der Waals surface area contributed by atoms with Crippen LogP contribution in [0.5, 0.6) is 0 Å². The predicted octanol–water partition coefficient (Wildman–Crippen LogP) is 3.34. The SMILES string of the molecule is COC(=O)[C@]1(c2ccccc2)N[C@H](c2ccccc2F)[C@H]2C(=O)N(c3ccccc3)C(=O)[C@H]21. The van der Waals surface area contributed by atoms with E-state index in [1.165, 1.54) is 13.2 Å². The number of fused-ring (bicyclic) bond motifs is 1. The van der Waals surface area contributed by atoms with Crippen molar-refractivity contribution < 1.29 is 23.5 Å². The molecule has 33 heavy (non-hydrogen) atoms. The minimum absolute atomic E-state index is 0.213. The van der Waals surface area contributed by atoms with Gasteiger partial charge < -0.3 is 4.74 Å². The summed E-state index contributed by atoms with van der Waals surface area (Å²) < 4.78 is 20.1. The summed E-state index contributed by atoms with van der Waals surface area (Å²) in [7, 11) is 1.23. The summed E-state index contributed by atoms with van der Waals surface area (Å²) >= 11 is 0.